The Labute approximate surface area is 127 Å². The van der Waals surface area contributed by atoms with Crippen molar-refractivity contribution >= 4 is 6.29 Å². The number of carbonyl (C=O) groups is 1. The van der Waals surface area contributed by atoms with Crippen molar-refractivity contribution in [3.8, 4) is 11.5 Å². The second-order valence-corrected chi connectivity index (χ2v) is 5.75. The summed E-state index contributed by atoms with van der Waals surface area (Å²) in [6, 6.07) is 5.36. The first-order valence-corrected chi connectivity index (χ1v) is 7.72. The first kappa shape index (κ1) is 15.8. The predicted octanol–water partition coefficient (Wildman–Crippen LogP) is 3.01. The summed E-state index contributed by atoms with van der Waals surface area (Å²) >= 11 is 0. The van der Waals surface area contributed by atoms with E-state index >= 15 is 0 Å². The molecule has 1 fully saturated rings. The van der Waals surface area contributed by atoms with Gasteiger partial charge in [-0.2, -0.15) is 0 Å². The van der Waals surface area contributed by atoms with Crippen molar-refractivity contribution in [1.29, 1.82) is 0 Å². The van der Waals surface area contributed by atoms with E-state index in [-0.39, 0.29) is 0 Å². The molecule has 2 rings (SSSR count). The number of benzene rings is 1. The maximum absolute atomic E-state index is 11.1. The lowest BCUT2D eigenvalue weighted by atomic mass is 10.0. The van der Waals surface area contributed by atoms with Gasteiger partial charge in [-0.1, -0.05) is 13.0 Å². The topological polar surface area (TPSA) is 38.8 Å². The number of rotatable bonds is 7. The number of nitrogens with zero attached hydrogens (tertiary/aromatic N) is 1. The summed E-state index contributed by atoms with van der Waals surface area (Å²) in [6.07, 6.45) is 4.41. The highest BCUT2D eigenvalue weighted by atomic mass is 16.5. The van der Waals surface area contributed by atoms with Crippen LogP contribution in [0.4, 0.5) is 0 Å². The average molecular weight is 291 g/mol. The highest BCUT2D eigenvalue weighted by Crippen LogP contribution is 2.30. The van der Waals surface area contributed by atoms with Gasteiger partial charge >= 0.3 is 0 Å². The normalized spacial score (nSPS) is 19.2. The molecule has 0 unspecified atom stereocenters. The van der Waals surface area contributed by atoms with Crippen LogP contribution in [0.3, 0.4) is 0 Å². The van der Waals surface area contributed by atoms with Crippen LogP contribution < -0.4 is 9.47 Å². The molecule has 1 aromatic carbocycles. The molecular formula is C17H25NO3. The van der Waals surface area contributed by atoms with Gasteiger partial charge in [0, 0.05) is 13.1 Å². The Bertz CT molecular complexity index is 461. The van der Waals surface area contributed by atoms with Crippen LogP contribution in [0.15, 0.2) is 18.2 Å². The summed E-state index contributed by atoms with van der Waals surface area (Å²) < 4.78 is 11.0. The average Bonchev–Trinajstić information content (AvgIpc) is 2.51. The lowest BCUT2D eigenvalue weighted by molar-refractivity contribution is 0.111. The zero-order valence-electron chi connectivity index (χ0n) is 13.0. The summed E-state index contributed by atoms with van der Waals surface area (Å²) in [5.74, 6) is 1.98. The fourth-order valence-electron chi connectivity index (χ4n) is 2.89. The number of aldehydes is 1. The van der Waals surface area contributed by atoms with Gasteiger partial charge in [-0.25, -0.2) is 0 Å². The second-order valence-electron chi connectivity index (χ2n) is 5.75. The summed E-state index contributed by atoms with van der Waals surface area (Å²) in [5.41, 5.74) is 0.543. The molecule has 4 heteroatoms. The number of methoxy groups -OCH3 is 1. The molecule has 0 amide bonds. The number of para-hydroxylation sites is 1. The molecule has 0 aliphatic carbocycles. The molecule has 1 atom stereocenters. The first-order valence-electron chi connectivity index (χ1n) is 7.72. The highest BCUT2D eigenvalue weighted by molar-refractivity contribution is 5.81. The zero-order valence-corrected chi connectivity index (χ0v) is 13.0. The largest absolute Gasteiger partial charge is 0.493 e. The molecule has 1 saturated heterocycles. The number of ether oxygens (including phenoxy) is 2. The maximum atomic E-state index is 11.1. The molecule has 0 aromatic heterocycles. The molecule has 1 aliphatic rings. The quantitative estimate of drug-likeness (QED) is 0.572. The van der Waals surface area contributed by atoms with E-state index in [0.29, 0.717) is 23.7 Å². The van der Waals surface area contributed by atoms with Gasteiger partial charge in [-0.05, 0) is 43.9 Å². The Morgan fingerprint density at radius 3 is 3.00 bits per heavy atom. The second kappa shape index (κ2) is 8.03. The Morgan fingerprint density at radius 2 is 2.29 bits per heavy atom. The molecule has 1 aromatic rings. The number of hydrogen-bond donors (Lipinski definition) is 0. The van der Waals surface area contributed by atoms with Crippen molar-refractivity contribution in [2.45, 2.75) is 26.2 Å². The molecular weight excluding hydrogens is 266 g/mol. The van der Waals surface area contributed by atoms with Crippen molar-refractivity contribution < 1.29 is 14.3 Å². The molecule has 0 bridgehead atoms. The van der Waals surface area contributed by atoms with Crippen LogP contribution in [-0.4, -0.2) is 44.5 Å². The molecule has 4 nitrogen and oxygen atoms in total. The van der Waals surface area contributed by atoms with Gasteiger partial charge in [0.05, 0.1) is 19.3 Å². The van der Waals surface area contributed by atoms with Crippen LogP contribution in [0.5, 0.6) is 11.5 Å². The standard InChI is InChI=1S/C17H25NO3/c1-14-6-4-9-18(12-14)10-5-11-21-17-15(13-19)7-3-8-16(17)20-2/h3,7-8,13-14H,4-6,9-12H2,1-2H3/t14-/m0/s1. The van der Waals surface area contributed by atoms with Crippen LogP contribution in [-0.2, 0) is 0 Å². The third-order valence-corrected chi connectivity index (χ3v) is 3.96. The van der Waals surface area contributed by atoms with Crippen LogP contribution in [0, 0.1) is 5.92 Å². The molecule has 0 spiro atoms. The van der Waals surface area contributed by atoms with Gasteiger partial charge in [0.1, 0.15) is 0 Å². The summed E-state index contributed by atoms with van der Waals surface area (Å²) in [7, 11) is 1.59. The Hall–Kier alpha value is -1.55. The Kier molecular flexibility index (Phi) is 6.05. The van der Waals surface area contributed by atoms with E-state index in [0.717, 1.165) is 25.2 Å². The van der Waals surface area contributed by atoms with Crippen LogP contribution >= 0.6 is 0 Å². The monoisotopic (exact) mass is 291 g/mol. The van der Waals surface area contributed by atoms with Crippen LogP contribution in [0.1, 0.15) is 36.5 Å². The minimum Gasteiger partial charge on any atom is -0.493 e. The molecule has 1 heterocycles. The van der Waals surface area contributed by atoms with E-state index in [1.165, 1.54) is 25.9 Å². The van der Waals surface area contributed by atoms with E-state index in [1.807, 2.05) is 6.07 Å². The summed E-state index contributed by atoms with van der Waals surface area (Å²) in [4.78, 5) is 13.6. The third-order valence-electron chi connectivity index (χ3n) is 3.96. The molecule has 1 aliphatic heterocycles. The minimum absolute atomic E-state index is 0.543. The van der Waals surface area contributed by atoms with Crippen LogP contribution in [0.2, 0.25) is 0 Å². The third kappa shape index (κ3) is 4.46. The molecule has 116 valence electrons. The van der Waals surface area contributed by atoms with Crippen molar-refractivity contribution in [2.75, 3.05) is 33.4 Å². The molecule has 0 saturated carbocycles. The van der Waals surface area contributed by atoms with Crippen LogP contribution in [0.25, 0.3) is 0 Å². The van der Waals surface area contributed by atoms with Crippen molar-refractivity contribution in [3.05, 3.63) is 23.8 Å². The van der Waals surface area contributed by atoms with Gasteiger partial charge in [0.25, 0.3) is 0 Å². The Balaban J connectivity index is 1.82. The lowest BCUT2D eigenvalue weighted by Crippen LogP contribution is -2.35. The summed E-state index contributed by atoms with van der Waals surface area (Å²) in [5, 5.41) is 0. The molecule has 0 N–H and O–H groups in total. The minimum atomic E-state index is 0.543. The number of piperidine rings is 1. The van der Waals surface area contributed by atoms with E-state index in [4.69, 9.17) is 9.47 Å². The Morgan fingerprint density at radius 1 is 1.43 bits per heavy atom. The van der Waals surface area contributed by atoms with Gasteiger partial charge in [-0.3, -0.25) is 4.79 Å². The van der Waals surface area contributed by atoms with Gasteiger partial charge in [0.2, 0.25) is 0 Å². The van der Waals surface area contributed by atoms with E-state index in [1.54, 1.807) is 19.2 Å². The maximum Gasteiger partial charge on any atom is 0.171 e. The predicted molar refractivity (Wildman–Crippen MR) is 83.3 cm³/mol. The summed E-state index contributed by atoms with van der Waals surface area (Å²) in [6.45, 7) is 6.35. The SMILES string of the molecule is COc1cccc(C=O)c1OCCCN1CCC[C@H](C)C1. The van der Waals surface area contributed by atoms with Crippen molar-refractivity contribution in [3.63, 3.8) is 0 Å². The molecule has 0 radical (unpaired) electrons. The van der Waals surface area contributed by atoms with Crippen molar-refractivity contribution in [2.24, 2.45) is 5.92 Å². The fraction of sp³-hybridized carbons (Fsp3) is 0.588. The number of hydrogen-bond acceptors (Lipinski definition) is 4. The first-order chi connectivity index (χ1) is 10.2. The van der Waals surface area contributed by atoms with E-state index < -0.39 is 0 Å². The van der Waals surface area contributed by atoms with Gasteiger partial charge in [-0.15, -0.1) is 0 Å². The van der Waals surface area contributed by atoms with E-state index in [2.05, 4.69) is 11.8 Å². The number of carbonyl (C=O) groups excluding carboxylic acids is 1. The number of likely N-dealkylation sites (tertiary alicyclic amines) is 1. The van der Waals surface area contributed by atoms with E-state index in [9.17, 15) is 4.79 Å². The zero-order chi connectivity index (χ0) is 15.1. The van der Waals surface area contributed by atoms with Crippen molar-refractivity contribution in [1.82, 2.24) is 4.90 Å². The lowest BCUT2D eigenvalue weighted by Gasteiger charge is -2.30. The smallest absolute Gasteiger partial charge is 0.171 e. The fourth-order valence-corrected chi connectivity index (χ4v) is 2.89. The highest BCUT2D eigenvalue weighted by Gasteiger charge is 2.16. The van der Waals surface area contributed by atoms with Gasteiger partial charge < -0.3 is 14.4 Å². The van der Waals surface area contributed by atoms with Gasteiger partial charge in [0.15, 0.2) is 17.8 Å². The molecule has 21 heavy (non-hydrogen) atoms.